The molecule has 0 bridgehead atoms. The van der Waals surface area contributed by atoms with E-state index in [2.05, 4.69) is 12.1 Å². The van der Waals surface area contributed by atoms with Crippen molar-refractivity contribution in [2.24, 2.45) is 11.7 Å². The lowest BCUT2D eigenvalue weighted by Gasteiger charge is -2.31. The zero-order valence-corrected chi connectivity index (χ0v) is 13.0. The van der Waals surface area contributed by atoms with Gasteiger partial charge in [-0.1, -0.05) is 38.1 Å². The number of hydrogen-bond acceptors (Lipinski definition) is 3. The Morgan fingerprint density at radius 2 is 1.76 bits per heavy atom. The van der Waals surface area contributed by atoms with Crippen LogP contribution in [-0.2, 0) is 22.4 Å². The van der Waals surface area contributed by atoms with Crippen LogP contribution >= 0.6 is 0 Å². The Kier molecular flexibility index (Phi) is 4.78. The molecule has 4 heteroatoms. The highest BCUT2D eigenvalue weighted by Crippen LogP contribution is 2.26. The maximum atomic E-state index is 12.6. The molecular formula is C17H24N2O2. The maximum Gasteiger partial charge on any atom is 0.240 e. The molecule has 1 amide bonds. The number of amides is 1. The first-order valence-corrected chi connectivity index (χ1v) is 7.52. The lowest BCUT2D eigenvalue weighted by atomic mass is 10.0. The summed E-state index contributed by atoms with van der Waals surface area (Å²) in [5.74, 6) is -0.0518. The van der Waals surface area contributed by atoms with Crippen molar-refractivity contribution in [3.05, 3.63) is 35.4 Å². The van der Waals surface area contributed by atoms with Crippen LogP contribution in [0.5, 0.6) is 0 Å². The Balaban J connectivity index is 2.18. The molecule has 1 aromatic carbocycles. The third kappa shape index (κ3) is 3.50. The number of Topliss-reactive ketones (excluding diaryl/α,β-unsaturated/α-hetero) is 1. The van der Waals surface area contributed by atoms with E-state index in [1.165, 1.54) is 18.1 Å². The molecule has 0 saturated heterocycles. The number of fused-ring (bicyclic) bond motifs is 1. The average molecular weight is 288 g/mol. The molecule has 1 unspecified atom stereocenters. The molecule has 2 N–H and O–H groups in total. The highest BCUT2D eigenvalue weighted by molar-refractivity contribution is 5.87. The first kappa shape index (κ1) is 15.7. The molecular weight excluding hydrogens is 264 g/mol. The van der Waals surface area contributed by atoms with Crippen molar-refractivity contribution in [3.8, 4) is 0 Å². The monoisotopic (exact) mass is 288 g/mol. The van der Waals surface area contributed by atoms with E-state index in [1.54, 1.807) is 4.90 Å². The second-order valence-corrected chi connectivity index (χ2v) is 6.27. The normalized spacial score (nSPS) is 15.9. The van der Waals surface area contributed by atoms with E-state index < -0.39 is 6.04 Å². The van der Waals surface area contributed by atoms with Crippen LogP contribution in [0.4, 0.5) is 0 Å². The highest BCUT2D eigenvalue weighted by atomic mass is 16.2. The molecule has 1 aromatic rings. The molecule has 21 heavy (non-hydrogen) atoms. The number of nitrogens with zero attached hydrogens (tertiary/aromatic N) is 1. The summed E-state index contributed by atoms with van der Waals surface area (Å²) < 4.78 is 0. The molecule has 0 aromatic heterocycles. The largest absolute Gasteiger partial charge is 0.330 e. The molecule has 114 valence electrons. The average Bonchev–Trinajstić information content (AvgIpc) is 2.86. The van der Waals surface area contributed by atoms with E-state index in [4.69, 9.17) is 5.73 Å². The van der Waals surface area contributed by atoms with Gasteiger partial charge in [-0.05, 0) is 36.8 Å². The standard InChI is InChI=1S/C17H24N2O2/c1-11(2)16(18)17(21)19(10-12(3)20)15-8-13-6-4-5-7-14(13)9-15/h4-7,11,15-16H,8-10,18H2,1-3H3. The first-order chi connectivity index (χ1) is 9.90. The molecule has 1 aliphatic carbocycles. The summed E-state index contributed by atoms with van der Waals surface area (Å²) in [7, 11) is 0. The van der Waals surface area contributed by atoms with E-state index in [9.17, 15) is 9.59 Å². The zero-order valence-electron chi connectivity index (χ0n) is 13.0. The molecule has 0 spiro atoms. The summed E-state index contributed by atoms with van der Waals surface area (Å²) in [4.78, 5) is 25.8. The Labute approximate surface area is 126 Å². The minimum Gasteiger partial charge on any atom is -0.330 e. The van der Waals surface area contributed by atoms with Crippen molar-refractivity contribution in [1.82, 2.24) is 4.90 Å². The zero-order chi connectivity index (χ0) is 15.6. The Morgan fingerprint density at radius 3 is 2.19 bits per heavy atom. The third-order valence-corrected chi connectivity index (χ3v) is 4.15. The van der Waals surface area contributed by atoms with Crippen LogP contribution in [0.2, 0.25) is 0 Å². The molecule has 0 saturated carbocycles. The first-order valence-electron chi connectivity index (χ1n) is 7.52. The summed E-state index contributed by atoms with van der Waals surface area (Å²) in [5, 5.41) is 0. The molecule has 0 radical (unpaired) electrons. The number of hydrogen-bond donors (Lipinski definition) is 1. The van der Waals surface area contributed by atoms with Gasteiger partial charge in [-0.2, -0.15) is 0 Å². The van der Waals surface area contributed by atoms with Crippen LogP contribution in [0.25, 0.3) is 0 Å². The van der Waals surface area contributed by atoms with E-state index >= 15 is 0 Å². The van der Waals surface area contributed by atoms with E-state index in [0.717, 1.165) is 12.8 Å². The predicted octanol–water partition coefficient (Wildman–Crippen LogP) is 1.55. The molecule has 2 rings (SSSR count). The fourth-order valence-corrected chi connectivity index (χ4v) is 2.86. The highest BCUT2D eigenvalue weighted by Gasteiger charge is 2.33. The smallest absolute Gasteiger partial charge is 0.240 e. The van der Waals surface area contributed by atoms with Gasteiger partial charge in [0.1, 0.15) is 5.78 Å². The summed E-state index contributed by atoms with van der Waals surface area (Å²) in [6.07, 6.45) is 1.61. The van der Waals surface area contributed by atoms with Gasteiger partial charge in [-0.3, -0.25) is 9.59 Å². The second kappa shape index (κ2) is 6.39. The summed E-state index contributed by atoms with van der Waals surface area (Å²) >= 11 is 0. The minimum absolute atomic E-state index is 0.00439. The number of benzene rings is 1. The van der Waals surface area contributed by atoms with Crippen LogP contribution < -0.4 is 5.73 Å². The second-order valence-electron chi connectivity index (χ2n) is 6.27. The Hall–Kier alpha value is -1.68. The quantitative estimate of drug-likeness (QED) is 0.894. The van der Waals surface area contributed by atoms with Crippen molar-refractivity contribution in [3.63, 3.8) is 0 Å². The number of carbonyl (C=O) groups is 2. The number of ketones is 1. The van der Waals surface area contributed by atoms with Crippen LogP contribution in [-0.4, -0.2) is 35.2 Å². The van der Waals surface area contributed by atoms with Gasteiger partial charge in [-0.25, -0.2) is 0 Å². The minimum atomic E-state index is -0.548. The van der Waals surface area contributed by atoms with Gasteiger partial charge >= 0.3 is 0 Å². The number of carbonyl (C=O) groups excluding carboxylic acids is 2. The van der Waals surface area contributed by atoms with Crippen molar-refractivity contribution in [2.45, 2.75) is 45.7 Å². The van der Waals surface area contributed by atoms with Crippen LogP contribution in [0.3, 0.4) is 0 Å². The van der Waals surface area contributed by atoms with E-state index in [-0.39, 0.29) is 30.2 Å². The summed E-state index contributed by atoms with van der Waals surface area (Å²) in [5.41, 5.74) is 8.54. The van der Waals surface area contributed by atoms with Gasteiger partial charge in [0, 0.05) is 6.04 Å². The van der Waals surface area contributed by atoms with Crippen molar-refractivity contribution >= 4 is 11.7 Å². The van der Waals surface area contributed by atoms with Crippen molar-refractivity contribution in [2.75, 3.05) is 6.54 Å². The molecule has 0 fully saturated rings. The number of rotatable bonds is 5. The van der Waals surface area contributed by atoms with Gasteiger partial charge < -0.3 is 10.6 Å². The van der Waals surface area contributed by atoms with E-state index in [1.807, 2.05) is 26.0 Å². The summed E-state index contributed by atoms with van der Waals surface area (Å²) in [6, 6.07) is 7.70. The topological polar surface area (TPSA) is 63.4 Å². The molecule has 0 aliphatic heterocycles. The molecule has 4 nitrogen and oxygen atoms in total. The van der Waals surface area contributed by atoms with Crippen molar-refractivity contribution < 1.29 is 9.59 Å². The molecule has 0 heterocycles. The predicted molar refractivity (Wildman–Crippen MR) is 82.8 cm³/mol. The van der Waals surface area contributed by atoms with Crippen LogP contribution in [0.15, 0.2) is 24.3 Å². The fraction of sp³-hybridized carbons (Fsp3) is 0.529. The number of nitrogens with two attached hydrogens (primary N) is 1. The third-order valence-electron chi connectivity index (χ3n) is 4.15. The lowest BCUT2D eigenvalue weighted by Crippen LogP contribution is -2.52. The fourth-order valence-electron chi connectivity index (χ4n) is 2.86. The van der Waals surface area contributed by atoms with Gasteiger partial charge in [0.2, 0.25) is 5.91 Å². The Morgan fingerprint density at radius 1 is 1.24 bits per heavy atom. The lowest BCUT2D eigenvalue weighted by molar-refractivity contribution is -0.139. The Bertz CT molecular complexity index is 514. The van der Waals surface area contributed by atoms with Crippen molar-refractivity contribution in [1.29, 1.82) is 0 Å². The van der Waals surface area contributed by atoms with Gasteiger partial charge in [-0.15, -0.1) is 0 Å². The van der Waals surface area contributed by atoms with Gasteiger partial charge in [0.25, 0.3) is 0 Å². The molecule has 1 aliphatic rings. The van der Waals surface area contributed by atoms with E-state index in [0.29, 0.717) is 0 Å². The summed E-state index contributed by atoms with van der Waals surface area (Å²) in [6.45, 7) is 5.52. The van der Waals surface area contributed by atoms with Crippen LogP contribution in [0.1, 0.15) is 31.9 Å². The van der Waals surface area contributed by atoms with Gasteiger partial charge in [0.15, 0.2) is 0 Å². The van der Waals surface area contributed by atoms with Gasteiger partial charge in [0.05, 0.1) is 12.6 Å². The SMILES string of the molecule is CC(=O)CN(C(=O)C(N)C(C)C)C1Cc2ccccc2C1. The maximum absolute atomic E-state index is 12.6. The molecule has 1 atom stereocenters. The van der Waals surface area contributed by atoms with Crippen LogP contribution in [0, 0.1) is 5.92 Å².